The summed E-state index contributed by atoms with van der Waals surface area (Å²) >= 11 is 11.3. The highest BCUT2D eigenvalue weighted by atomic mass is 35.5. The van der Waals surface area contributed by atoms with Crippen molar-refractivity contribution in [2.24, 2.45) is 0 Å². The molecule has 0 saturated heterocycles. The average molecular weight is 292 g/mol. The maximum absolute atomic E-state index is 6.21. The number of fused-ring (bicyclic) bond motifs is 1. The number of aromatic nitrogens is 2. The van der Waals surface area contributed by atoms with Gasteiger partial charge in [0.2, 0.25) is 0 Å². The van der Waals surface area contributed by atoms with Gasteiger partial charge in [0, 0.05) is 48.5 Å². The Morgan fingerprint density at radius 2 is 2.21 bits per heavy atom. The van der Waals surface area contributed by atoms with E-state index in [-0.39, 0.29) is 0 Å². The van der Waals surface area contributed by atoms with E-state index in [0.717, 1.165) is 31.1 Å². The lowest BCUT2D eigenvalue weighted by Gasteiger charge is -2.28. The van der Waals surface area contributed by atoms with Crippen molar-refractivity contribution in [2.45, 2.75) is 19.5 Å². The Balaban J connectivity index is 1.78. The van der Waals surface area contributed by atoms with E-state index in [1.54, 1.807) is 0 Å². The molecular formula is C14H14ClN3S. The van der Waals surface area contributed by atoms with E-state index in [2.05, 4.69) is 20.9 Å². The molecule has 19 heavy (non-hydrogen) atoms. The summed E-state index contributed by atoms with van der Waals surface area (Å²) in [7, 11) is 0. The monoisotopic (exact) mass is 291 g/mol. The van der Waals surface area contributed by atoms with Crippen LogP contribution in [0.15, 0.2) is 30.5 Å². The fourth-order valence-corrected chi connectivity index (χ4v) is 2.78. The molecule has 0 radical (unpaired) electrons. The van der Waals surface area contributed by atoms with Gasteiger partial charge in [-0.05, 0) is 23.8 Å². The van der Waals surface area contributed by atoms with Crippen LogP contribution in [0.4, 0.5) is 0 Å². The van der Waals surface area contributed by atoms with Crippen LogP contribution in [0.5, 0.6) is 0 Å². The molecule has 1 aromatic carbocycles. The maximum atomic E-state index is 6.21. The van der Waals surface area contributed by atoms with Crippen LogP contribution in [0.3, 0.4) is 0 Å². The highest BCUT2D eigenvalue weighted by molar-refractivity contribution is 7.71. The van der Waals surface area contributed by atoms with Gasteiger partial charge >= 0.3 is 0 Å². The summed E-state index contributed by atoms with van der Waals surface area (Å²) in [6, 6.07) is 8.00. The Labute approximate surface area is 122 Å². The molecule has 0 unspecified atom stereocenters. The first-order chi connectivity index (χ1) is 9.22. The fourth-order valence-electron chi connectivity index (χ4n) is 2.41. The molecule has 5 heteroatoms. The molecule has 3 nitrogen and oxygen atoms in total. The van der Waals surface area contributed by atoms with E-state index in [4.69, 9.17) is 23.8 Å². The van der Waals surface area contributed by atoms with Gasteiger partial charge in [-0.2, -0.15) is 0 Å². The summed E-state index contributed by atoms with van der Waals surface area (Å²) in [5.41, 5.74) is 3.62. The number of aromatic amines is 1. The van der Waals surface area contributed by atoms with Crippen molar-refractivity contribution in [3.63, 3.8) is 0 Å². The zero-order valence-electron chi connectivity index (χ0n) is 10.4. The lowest BCUT2D eigenvalue weighted by atomic mass is 10.1. The van der Waals surface area contributed by atoms with Gasteiger partial charge < -0.3 is 4.98 Å². The predicted molar refractivity (Wildman–Crippen MR) is 78.7 cm³/mol. The molecule has 0 amide bonds. The minimum absolute atomic E-state index is 0.568. The Bertz CT molecular complexity index is 653. The zero-order valence-corrected chi connectivity index (χ0v) is 12.0. The quantitative estimate of drug-likeness (QED) is 0.861. The number of rotatable bonds is 2. The molecule has 3 rings (SSSR count). The lowest BCUT2D eigenvalue weighted by molar-refractivity contribution is 0.243. The van der Waals surface area contributed by atoms with E-state index in [0.29, 0.717) is 4.77 Å². The second-order valence-electron chi connectivity index (χ2n) is 4.74. The Morgan fingerprint density at radius 1 is 1.37 bits per heavy atom. The van der Waals surface area contributed by atoms with Crippen LogP contribution in [0.25, 0.3) is 0 Å². The molecule has 2 heterocycles. The van der Waals surface area contributed by atoms with Crippen LogP contribution in [-0.4, -0.2) is 21.4 Å². The third kappa shape index (κ3) is 2.86. The average Bonchev–Trinajstić information content (AvgIpc) is 2.41. The molecule has 0 atom stereocenters. The third-order valence-corrected chi connectivity index (χ3v) is 3.98. The van der Waals surface area contributed by atoms with Crippen molar-refractivity contribution >= 4 is 23.8 Å². The molecule has 1 aromatic heterocycles. The smallest absolute Gasteiger partial charge is 0.196 e. The van der Waals surface area contributed by atoms with Crippen LogP contribution in [0, 0.1) is 4.77 Å². The number of benzene rings is 1. The standard InChI is InChI=1S/C14H14ClN3S/c15-12-4-2-1-3-10(12)8-18-6-5-13-11(9-18)7-16-14(19)17-13/h1-4,7H,5-6,8-9H2,(H,16,17,19). The van der Waals surface area contributed by atoms with E-state index in [1.807, 2.05) is 24.4 Å². The molecular weight excluding hydrogens is 278 g/mol. The van der Waals surface area contributed by atoms with Crippen molar-refractivity contribution in [2.75, 3.05) is 6.54 Å². The number of H-pyrrole nitrogens is 1. The molecule has 1 aliphatic heterocycles. The number of nitrogens with zero attached hydrogens (tertiary/aromatic N) is 2. The largest absolute Gasteiger partial charge is 0.334 e. The van der Waals surface area contributed by atoms with Crippen LogP contribution >= 0.6 is 23.8 Å². The summed E-state index contributed by atoms with van der Waals surface area (Å²) < 4.78 is 0.568. The van der Waals surface area contributed by atoms with E-state index < -0.39 is 0 Å². The van der Waals surface area contributed by atoms with Gasteiger partial charge in [0.05, 0.1) is 0 Å². The van der Waals surface area contributed by atoms with Gasteiger partial charge in [-0.1, -0.05) is 29.8 Å². The molecule has 0 saturated carbocycles. The fraction of sp³-hybridized carbons (Fsp3) is 0.286. The second kappa shape index (κ2) is 5.41. The highest BCUT2D eigenvalue weighted by Crippen LogP contribution is 2.21. The van der Waals surface area contributed by atoms with Crippen molar-refractivity contribution in [3.8, 4) is 0 Å². The predicted octanol–water partition coefficient (Wildman–Crippen LogP) is 3.35. The first kappa shape index (κ1) is 12.8. The Hall–Kier alpha value is -1.23. The van der Waals surface area contributed by atoms with Crippen LogP contribution < -0.4 is 0 Å². The summed E-state index contributed by atoms with van der Waals surface area (Å²) in [6.07, 6.45) is 2.86. The van der Waals surface area contributed by atoms with Crippen LogP contribution in [-0.2, 0) is 19.5 Å². The topological polar surface area (TPSA) is 31.9 Å². The Morgan fingerprint density at radius 3 is 3.05 bits per heavy atom. The summed E-state index contributed by atoms with van der Waals surface area (Å²) in [4.78, 5) is 9.71. The van der Waals surface area contributed by atoms with Gasteiger partial charge in [-0.15, -0.1) is 0 Å². The minimum Gasteiger partial charge on any atom is -0.334 e. The number of nitrogens with one attached hydrogen (secondary N) is 1. The third-order valence-electron chi connectivity index (χ3n) is 3.41. The van der Waals surface area contributed by atoms with Gasteiger partial charge in [0.25, 0.3) is 0 Å². The second-order valence-corrected chi connectivity index (χ2v) is 5.54. The van der Waals surface area contributed by atoms with Gasteiger partial charge in [0.15, 0.2) is 4.77 Å². The molecule has 98 valence electrons. The van der Waals surface area contributed by atoms with Gasteiger partial charge in [-0.3, -0.25) is 4.90 Å². The molecule has 0 fully saturated rings. The van der Waals surface area contributed by atoms with Crippen molar-refractivity contribution in [3.05, 3.63) is 57.1 Å². The van der Waals surface area contributed by atoms with E-state index in [9.17, 15) is 0 Å². The number of hydrogen-bond donors (Lipinski definition) is 1. The molecule has 0 bridgehead atoms. The normalized spacial score (nSPS) is 15.2. The van der Waals surface area contributed by atoms with Gasteiger partial charge in [0.1, 0.15) is 0 Å². The first-order valence-corrected chi connectivity index (χ1v) is 7.04. The van der Waals surface area contributed by atoms with E-state index >= 15 is 0 Å². The molecule has 1 aliphatic rings. The van der Waals surface area contributed by atoms with Crippen LogP contribution in [0.2, 0.25) is 5.02 Å². The molecule has 0 aliphatic carbocycles. The van der Waals surface area contributed by atoms with Crippen LogP contribution in [0.1, 0.15) is 16.8 Å². The Kier molecular flexibility index (Phi) is 3.64. The maximum Gasteiger partial charge on any atom is 0.196 e. The van der Waals surface area contributed by atoms with Gasteiger partial charge in [-0.25, -0.2) is 4.98 Å². The van der Waals surface area contributed by atoms with Crippen molar-refractivity contribution in [1.29, 1.82) is 0 Å². The summed E-state index contributed by atoms with van der Waals surface area (Å²) in [6.45, 7) is 2.77. The highest BCUT2D eigenvalue weighted by Gasteiger charge is 2.17. The molecule has 2 aromatic rings. The molecule has 1 N–H and O–H groups in total. The number of hydrogen-bond acceptors (Lipinski definition) is 3. The van der Waals surface area contributed by atoms with Crippen molar-refractivity contribution in [1.82, 2.24) is 14.9 Å². The minimum atomic E-state index is 0.568. The van der Waals surface area contributed by atoms with E-state index in [1.165, 1.54) is 16.8 Å². The zero-order chi connectivity index (χ0) is 13.2. The molecule has 0 spiro atoms. The summed E-state index contributed by atoms with van der Waals surface area (Å²) in [5, 5.41) is 0.832. The SMILES string of the molecule is S=c1ncc2c([nH]1)CCN(Cc1ccccc1Cl)C2. The summed E-state index contributed by atoms with van der Waals surface area (Å²) in [5.74, 6) is 0. The number of halogens is 1. The first-order valence-electron chi connectivity index (χ1n) is 6.25. The van der Waals surface area contributed by atoms with Crippen molar-refractivity contribution < 1.29 is 0 Å². The lowest BCUT2D eigenvalue weighted by Crippen LogP contribution is -2.30.